The standard InChI is InChI=1S/C25H44N4O4/c1-26-19-23(33-25(26)31)29-17-16-27(13-12-24(30)32-2)18-22(29)9-8-20-10-14-28(15-11-20)21-6-4-3-5-7-21/h20-23H,3-19H2,1-2H3. The highest BCUT2D eigenvalue weighted by Gasteiger charge is 2.39. The number of rotatable bonds is 8. The third-order valence-electron chi connectivity index (χ3n) is 8.47. The van der Waals surface area contributed by atoms with E-state index in [1.54, 1.807) is 4.90 Å². The van der Waals surface area contributed by atoms with Gasteiger partial charge in [0, 0.05) is 45.3 Å². The van der Waals surface area contributed by atoms with Crippen LogP contribution < -0.4 is 0 Å². The van der Waals surface area contributed by atoms with Gasteiger partial charge >= 0.3 is 12.1 Å². The lowest BCUT2D eigenvalue weighted by molar-refractivity contribution is -0.141. The first kappa shape index (κ1) is 24.7. The van der Waals surface area contributed by atoms with Crippen LogP contribution in [-0.2, 0) is 14.3 Å². The van der Waals surface area contributed by atoms with E-state index >= 15 is 0 Å². The largest absolute Gasteiger partial charge is 0.469 e. The van der Waals surface area contributed by atoms with Gasteiger partial charge in [-0.25, -0.2) is 4.79 Å². The van der Waals surface area contributed by atoms with Crippen LogP contribution >= 0.6 is 0 Å². The topological polar surface area (TPSA) is 65.6 Å². The van der Waals surface area contributed by atoms with Crippen LogP contribution in [0, 0.1) is 5.92 Å². The van der Waals surface area contributed by atoms with Crippen LogP contribution in [0.5, 0.6) is 0 Å². The van der Waals surface area contributed by atoms with E-state index < -0.39 is 0 Å². The zero-order chi connectivity index (χ0) is 23.2. The van der Waals surface area contributed by atoms with Gasteiger partial charge in [-0.2, -0.15) is 0 Å². The molecule has 188 valence electrons. The second-order valence-corrected chi connectivity index (χ2v) is 10.6. The van der Waals surface area contributed by atoms with Gasteiger partial charge in [0.25, 0.3) is 0 Å². The van der Waals surface area contributed by atoms with Gasteiger partial charge in [-0.15, -0.1) is 0 Å². The van der Waals surface area contributed by atoms with Crippen molar-refractivity contribution >= 4 is 12.1 Å². The molecule has 8 nitrogen and oxygen atoms in total. The van der Waals surface area contributed by atoms with Gasteiger partial charge in [-0.3, -0.25) is 14.6 Å². The molecule has 0 aromatic heterocycles. The molecule has 0 aromatic carbocycles. The number of esters is 1. The summed E-state index contributed by atoms with van der Waals surface area (Å²) in [5.41, 5.74) is 0. The van der Waals surface area contributed by atoms with Gasteiger partial charge < -0.3 is 19.3 Å². The van der Waals surface area contributed by atoms with Crippen LogP contribution in [0.1, 0.15) is 64.2 Å². The summed E-state index contributed by atoms with van der Waals surface area (Å²) in [6.07, 6.45) is 12.1. The highest BCUT2D eigenvalue weighted by atomic mass is 16.6. The first-order valence-electron chi connectivity index (χ1n) is 13.2. The molecule has 4 rings (SSSR count). The van der Waals surface area contributed by atoms with Crippen molar-refractivity contribution in [2.75, 3.05) is 60.0 Å². The summed E-state index contributed by atoms with van der Waals surface area (Å²) in [6.45, 7) is 6.59. The van der Waals surface area contributed by atoms with Crippen molar-refractivity contribution in [3.63, 3.8) is 0 Å². The first-order chi connectivity index (χ1) is 16.0. The van der Waals surface area contributed by atoms with Crippen molar-refractivity contribution < 1.29 is 19.1 Å². The number of hydrogen-bond donors (Lipinski definition) is 0. The van der Waals surface area contributed by atoms with E-state index in [9.17, 15) is 9.59 Å². The molecule has 2 unspecified atom stereocenters. The quantitative estimate of drug-likeness (QED) is 0.512. The summed E-state index contributed by atoms with van der Waals surface area (Å²) >= 11 is 0. The molecule has 3 heterocycles. The Labute approximate surface area is 199 Å². The van der Waals surface area contributed by atoms with Crippen LogP contribution in [0.2, 0.25) is 0 Å². The Hall–Kier alpha value is -1.38. The fourth-order valence-electron chi connectivity index (χ4n) is 6.33. The van der Waals surface area contributed by atoms with E-state index in [1.165, 1.54) is 71.6 Å². The molecule has 1 amide bonds. The minimum atomic E-state index is -0.220. The summed E-state index contributed by atoms with van der Waals surface area (Å²) in [4.78, 5) is 32.8. The van der Waals surface area contributed by atoms with Gasteiger partial charge in [-0.1, -0.05) is 19.3 Å². The summed E-state index contributed by atoms with van der Waals surface area (Å²) in [6, 6.07) is 1.20. The van der Waals surface area contributed by atoms with Crippen molar-refractivity contribution in [1.29, 1.82) is 0 Å². The molecule has 4 fully saturated rings. The summed E-state index contributed by atoms with van der Waals surface area (Å²) < 4.78 is 10.5. The van der Waals surface area contributed by atoms with Gasteiger partial charge in [0.15, 0.2) is 6.23 Å². The molecular weight excluding hydrogens is 420 g/mol. The zero-order valence-corrected chi connectivity index (χ0v) is 20.8. The Bertz CT molecular complexity index is 648. The Kier molecular flexibility index (Phi) is 8.88. The summed E-state index contributed by atoms with van der Waals surface area (Å²) in [7, 11) is 3.26. The first-order valence-corrected chi connectivity index (χ1v) is 13.2. The Morgan fingerprint density at radius 3 is 2.42 bits per heavy atom. The van der Waals surface area contributed by atoms with Crippen molar-refractivity contribution in [2.45, 2.75) is 82.5 Å². The number of likely N-dealkylation sites (tertiary alicyclic amines) is 1. The molecule has 33 heavy (non-hydrogen) atoms. The zero-order valence-electron chi connectivity index (χ0n) is 20.8. The maximum Gasteiger partial charge on any atom is 0.411 e. The van der Waals surface area contributed by atoms with Crippen LogP contribution in [-0.4, -0.2) is 110 Å². The number of carbonyl (C=O) groups excluding carboxylic acids is 2. The number of piperidine rings is 1. The number of nitrogens with zero attached hydrogens (tertiary/aromatic N) is 4. The fourth-order valence-corrected chi connectivity index (χ4v) is 6.33. The average molecular weight is 465 g/mol. The van der Waals surface area contributed by atoms with E-state index in [2.05, 4.69) is 14.7 Å². The number of amides is 1. The molecule has 2 atom stereocenters. The lowest BCUT2D eigenvalue weighted by atomic mass is 9.87. The smallest absolute Gasteiger partial charge is 0.411 e. The number of piperazine rings is 1. The van der Waals surface area contributed by atoms with E-state index in [0.717, 1.165) is 44.6 Å². The maximum absolute atomic E-state index is 12.0. The SMILES string of the molecule is COC(=O)CCN1CCN(C2CN(C)C(=O)O2)C(CCC2CCN(C3CCCCC3)CC2)C1. The Morgan fingerprint density at radius 1 is 1.00 bits per heavy atom. The third kappa shape index (κ3) is 6.61. The minimum Gasteiger partial charge on any atom is -0.469 e. The predicted molar refractivity (Wildman–Crippen MR) is 127 cm³/mol. The highest BCUT2D eigenvalue weighted by Crippen LogP contribution is 2.30. The van der Waals surface area contributed by atoms with Gasteiger partial charge in [0.05, 0.1) is 20.1 Å². The Balaban J connectivity index is 1.28. The van der Waals surface area contributed by atoms with Gasteiger partial charge in [-0.05, 0) is 57.5 Å². The second kappa shape index (κ2) is 11.8. The van der Waals surface area contributed by atoms with Crippen LogP contribution in [0.15, 0.2) is 0 Å². The summed E-state index contributed by atoms with van der Waals surface area (Å²) in [5, 5.41) is 0. The monoisotopic (exact) mass is 464 g/mol. The molecule has 3 aliphatic heterocycles. The van der Waals surface area contributed by atoms with Gasteiger partial charge in [0.1, 0.15) is 0 Å². The third-order valence-corrected chi connectivity index (χ3v) is 8.47. The van der Waals surface area contributed by atoms with Crippen molar-refractivity contribution in [3.8, 4) is 0 Å². The number of likely N-dealkylation sites (N-methyl/N-ethyl adjacent to an activating group) is 1. The molecule has 0 N–H and O–H groups in total. The number of cyclic esters (lactones) is 1. The molecule has 1 aliphatic carbocycles. The predicted octanol–water partition coefficient (Wildman–Crippen LogP) is 2.77. The summed E-state index contributed by atoms with van der Waals surface area (Å²) in [5.74, 6) is 0.649. The lowest BCUT2D eigenvalue weighted by Crippen LogP contribution is -2.57. The number of methoxy groups -OCH3 is 1. The number of hydrogen-bond acceptors (Lipinski definition) is 7. The van der Waals surface area contributed by atoms with E-state index in [1.807, 2.05) is 7.05 Å². The molecule has 0 radical (unpaired) electrons. The van der Waals surface area contributed by atoms with E-state index in [-0.39, 0.29) is 18.3 Å². The molecular formula is C25H44N4O4. The molecule has 0 aromatic rings. The van der Waals surface area contributed by atoms with Crippen LogP contribution in [0.3, 0.4) is 0 Å². The normalized spacial score (nSPS) is 29.4. The highest BCUT2D eigenvalue weighted by molar-refractivity contribution is 5.69. The Morgan fingerprint density at radius 2 is 1.76 bits per heavy atom. The van der Waals surface area contributed by atoms with E-state index in [0.29, 0.717) is 19.0 Å². The van der Waals surface area contributed by atoms with Crippen molar-refractivity contribution in [1.82, 2.24) is 19.6 Å². The average Bonchev–Trinajstić information content (AvgIpc) is 3.19. The molecule has 4 aliphatic rings. The minimum absolute atomic E-state index is 0.148. The van der Waals surface area contributed by atoms with E-state index in [4.69, 9.17) is 9.47 Å². The molecule has 0 bridgehead atoms. The second-order valence-electron chi connectivity index (χ2n) is 10.6. The lowest BCUT2D eigenvalue weighted by Gasteiger charge is -2.44. The van der Waals surface area contributed by atoms with Crippen LogP contribution in [0.25, 0.3) is 0 Å². The number of ether oxygens (including phenoxy) is 2. The number of carbonyl (C=O) groups is 2. The maximum atomic E-state index is 12.0. The molecule has 3 saturated heterocycles. The molecule has 0 spiro atoms. The van der Waals surface area contributed by atoms with Crippen LogP contribution in [0.4, 0.5) is 4.79 Å². The fraction of sp³-hybridized carbons (Fsp3) is 0.920. The molecule has 8 heteroatoms. The molecule has 1 saturated carbocycles. The van der Waals surface area contributed by atoms with Gasteiger partial charge in [0.2, 0.25) is 0 Å². The van der Waals surface area contributed by atoms with Crippen molar-refractivity contribution in [2.24, 2.45) is 5.92 Å². The van der Waals surface area contributed by atoms with Crippen molar-refractivity contribution in [3.05, 3.63) is 0 Å².